The van der Waals surface area contributed by atoms with Crippen LogP contribution in [0.3, 0.4) is 0 Å². The molecule has 1 heteroatoms. The lowest BCUT2D eigenvalue weighted by Gasteiger charge is -2.05. The van der Waals surface area contributed by atoms with E-state index in [1.54, 1.807) is 6.92 Å². The summed E-state index contributed by atoms with van der Waals surface area (Å²) in [4.78, 5) is 11.1. The number of hydrogen-bond donors (Lipinski definition) is 0. The van der Waals surface area contributed by atoms with E-state index in [0.717, 1.165) is 17.9 Å². The van der Waals surface area contributed by atoms with Crippen molar-refractivity contribution in [3.63, 3.8) is 0 Å². The van der Waals surface area contributed by atoms with Crippen LogP contribution in [0.15, 0.2) is 24.3 Å². The van der Waals surface area contributed by atoms with Gasteiger partial charge in [0.2, 0.25) is 0 Å². The molecule has 0 atom stereocenters. The van der Waals surface area contributed by atoms with Crippen molar-refractivity contribution in [3.8, 4) is 0 Å². The summed E-state index contributed by atoms with van der Waals surface area (Å²) in [6.07, 6.45) is 6.38. The van der Waals surface area contributed by atoms with Gasteiger partial charge in [-0.15, -0.1) is 0 Å². The molecule has 1 aromatic rings. The number of hydrogen-bond acceptors (Lipinski definition) is 1. The predicted molar refractivity (Wildman–Crippen MR) is 73.5 cm³/mol. The minimum Gasteiger partial charge on any atom is -0.295 e. The molecule has 0 N–H and O–H groups in total. The molecule has 0 heterocycles. The van der Waals surface area contributed by atoms with Gasteiger partial charge in [0.1, 0.15) is 0 Å². The summed E-state index contributed by atoms with van der Waals surface area (Å²) in [6.45, 7) is 6.17. The van der Waals surface area contributed by atoms with Gasteiger partial charge >= 0.3 is 0 Å². The molecule has 17 heavy (non-hydrogen) atoms. The number of unbranched alkanes of at least 4 members (excludes halogenated alkanes) is 2. The third kappa shape index (κ3) is 5.67. The first-order chi connectivity index (χ1) is 8.09. The Hall–Kier alpha value is -1.11. The SMILES string of the molecule is CC(=O)c1ccc(CCCCCC(C)C)cc1. The van der Waals surface area contributed by atoms with Gasteiger partial charge in [-0.3, -0.25) is 4.79 Å². The zero-order chi connectivity index (χ0) is 12.7. The van der Waals surface area contributed by atoms with Crippen LogP contribution in [0.1, 0.15) is 62.4 Å². The predicted octanol–water partition coefficient (Wildman–Crippen LogP) is 4.65. The average Bonchev–Trinajstić information content (AvgIpc) is 2.29. The third-order valence-electron chi connectivity index (χ3n) is 3.11. The van der Waals surface area contributed by atoms with Crippen molar-refractivity contribution in [2.45, 2.75) is 52.9 Å². The standard InChI is InChI=1S/C16H24O/c1-13(2)7-5-4-6-8-15-9-11-16(12-10-15)14(3)17/h9-13H,4-8H2,1-3H3. The van der Waals surface area contributed by atoms with Crippen LogP contribution in [0.5, 0.6) is 0 Å². The van der Waals surface area contributed by atoms with Crippen LogP contribution in [0.2, 0.25) is 0 Å². The monoisotopic (exact) mass is 232 g/mol. The van der Waals surface area contributed by atoms with Gasteiger partial charge in [-0.2, -0.15) is 0 Å². The Balaban J connectivity index is 2.25. The summed E-state index contributed by atoms with van der Waals surface area (Å²) in [6, 6.07) is 8.04. The van der Waals surface area contributed by atoms with E-state index in [0.29, 0.717) is 0 Å². The molecule has 94 valence electrons. The molecule has 0 amide bonds. The molecule has 0 aliphatic rings. The first-order valence-corrected chi connectivity index (χ1v) is 6.69. The second kappa shape index (κ2) is 7.26. The Morgan fingerprint density at radius 2 is 1.71 bits per heavy atom. The zero-order valence-electron chi connectivity index (χ0n) is 11.3. The second-order valence-electron chi connectivity index (χ2n) is 5.25. The van der Waals surface area contributed by atoms with E-state index in [9.17, 15) is 4.79 Å². The second-order valence-corrected chi connectivity index (χ2v) is 5.25. The highest BCUT2D eigenvalue weighted by molar-refractivity contribution is 5.93. The van der Waals surface area contributed by atoms with E-state index >= 15 is 0 Å². The summed E-state index contributed by atoms with van der Waals surface area (Å²) in [7, 11) is 0. The summed E-state index contributed by atoms with van der Waals surface area (Å²) in [5, 5.41) is 0. The fourth-order valence-corrected chi connectivity index (χ4v) is 1.96. The quantitative estimate of drug-likeness (QED) is 0.494. The highest BCUT2D eigenvalue weighted by Gasteiger charge is 1.99. The van der Waals surface area contributed by atoms with Crippen molar-refractivity contribution in [1.29, 1.82) is 0 Å². The van der Waals surface area contributed by atoms with E-state index in [1.807, 2.05) is 12.1 Å². The molecule has 0 spiro atoms. The molecule has 0 saturated heterocycles. The molecular formula is C16H24O. The Morgan fingerprint density at radius 3 is 2.24 bits per heavy atom. The minimum absolute atomic E-state index is 0.147. The number of Topliss-reactive ketones (excluding diaryl/α,β-unsaturated/α-hetero) is 1. The van der Waals surface area contributed by atoms with E-state index in [4.69, 9.17) is 0 Å². The van der Waals surface area contributed by atoms with Gasteiger partial charge in [-0.05, 0) is 31.2 Å². The van der Waals surface area contributed by atoms with Crippen molar-refractivity contribution >= 4 is 5.78 Å². The lowest BCUT2D eigenvalue weighted by molar-refractivity contribution is 0.101. The lowest BCUT2D eigenvalue weighted by atomic mass is 10.0. The van der Waals surface area contributed by atoms with E-state index in [2.05, 4.69) is 26.0 Å². The number of carbonyl (C=O) groups is 1. The normalized spacial score (nSPS) is 10.8. The average molecular weight is 232 g/mol. The van der Waals surface area contributed by atoms with Crippen LogP contribution >= 0.6 is 0 Å². The van der Waals surface area contributed by atoms with Gasteiger partial charge in [-0.1, -0.05) is 57.4 Å². The topological polar surface area (TPSA) is 17.1 Å². The fourth-order valence-electron chi connectivity index (χ4n) is 1.96. The number of ketones is 1. The summed E-state index contributed by atoms with van der Waals surface area (Å²) >= 11 is 0. The number of benzene rings is 1. The van der Waals surface area contributed by atoms with Gasteiger partial charge in [0.25, 0.3) is 0 Å². The lowest BCUT2D eigenvalue weighted by Crippen LogP contribution is -1.93. The molecular weight excluding hydrogens is 208 g/mol. The van der Waals surface area contributed by atoms with Gasteiger partial charge in [0, 0.05) is 5.56 Å². The Labute approximate surface area is 105 Å². The maximum Gasteiger partial charge on any atom is 0.159 e. The van der Waals surface area contributed by atoms with Gasteiger partial charge in [0.15, 0.2) is 5.78 Å². The highest BCUT2D eigenvalue weighted by atomic mass is 16.1. The van der Waals surface area contributed by atoms with E-state index < -0.39 is 0 Å². The van der Waals surface area contributed by atoms with Crippen LogP contribution in [-0.4, -0.2) is 5.78 Å². The maximum absolute atomic E-state index is 11.1. The highest BCUT2D eigenvalue weighted by Crippen LogP contribution is 2.12. The maximum atomic E-state index is 11.1. The van der Waals surface area contributed by atoms with Gasteiger partial charge in [-0.25, -0.2) is 0 Å². The Morgan fingerprint density at radius 1 is 1.06 bits per heavy atom. The van der Waals surface area contributed by atoms with Crippen LogP contribution in [0.25, 0.3) is 0 Å². The van der Waals surface area contributed by atoms with Crippen LogP contribution in [0.4, 0.5) is 0 Å². The Bertz CT molecular complexity index is 335. The van der Waals surface area contributed by atoms with Crippen molar-refractivity contribution in [1.82, 2.24) is 0 Å². The largest absolute Gasteiger partial charge is 0.295 e. The van der Waals surface area contributed by atoms with Crippen molar-refractivity contribution in [2.75, 3.05) is 0 Å². The zero-order valence-corrected chi connectivity index (χ0v) is 11.3. The van der Waals surface area contributed by atoms with E-state index in [1.165, 1.54) is 31.2 Å². The molecule has 0 aliphatic carbocycles. The van der Waals surface area contributed by atoms with Gasteiger partial charge < -0.3 is 0 Å². The van der Waals surface area contributed by atoms with Crippen molar-refractivity contribution < 1.29 is 4.79 Å². The number of rotatable bonds is 7. The first kappa shape index (κ1) is 14.0. The summed E-state index contributed by atoms with van der Waals surface area (Å²) in [5.41, 5.74) is 2.16. The molecule has 1 aromatic carbocycles. The third-order valence-corrected chi connectivity index (χ3v) is 3.11. The Kier molecular flexibility index (Phi) is 5.96. The molecule has 0 fully saturated rings. The molecule has 0 unspecified atom stereocenters. The van der Waals surface area contributed by atoms with E-state index in [-0.39, 0.29) is 5.78 Å². The minimum atomic E-state index is 0.147. The van der Waals surface area contributed by atoms with Crippen LogP contribution in [-0.2, 0) is 6.42 Å². The molecule has 1 nitrogen and oxygen atoms in total. The van der Waals surface area contributed by atoms with Crippen molar-refractivity contribution in [2.24, 2.45) is 5.92 Å². The summed E-state index contributed by atoms with van der Waals surface area (Å²) in [5.74, 6) is 0.971. The molecule has 0 radical (unpaired) electrons. The van der Waals surface area contributed by atoms with Crippen molar-refractivity contribution in [3.05, 3.63) is 35.4 Å². The fraction of sp³-hybridized carbons (Fsp3) is 0.562. The molecule has 0 bridgehead atoms. The number of aryl methyl sites for hydroxylation is 1. The molecule has 1 rings (SSSR count). The smallest absolute Gasteiger partial charge is 0.159 e. The molecule has 0 saturated carbocycles. The van der Waals surface area contributed by atoms with Crippen LogP contribution < -0.4 is 0 Å². The first-order valence-electron chi connectivity index (χ1n) is 6.69. The molecule has 0 aliphatic heterocycles. The molecule has 0 aromatic heterocycles. The summed E-state index contributed by atoms with van der Waals surface area (Å²) < 4.78 is 0. The van der Waals surface area contributed by atoms with Crippen LogP contribution in [0, 0.1) is 5.92 Å². The number of carbonyl (C=O) groups excluding carboxylic acids is 1. The van der Waals surface area contributed by atoms with Gasteiger partial charge in [0.05, 0.1) is 0 Å².